The highest BCUT2D eigenvalue weighted by atomic mass is 35.5. The molecular weight excluding hydrogens is 416 g/mol. The van der Waals surface area contributed by atoms with Gasteiger partial charge in [0.1, 0.15) is 18.0 Å². The molecule has 0 amide bonds. The Labute approximate surface area is 165 Å². The fourth-order valence-electron chi connectivity index (χ4n) is 2.41. The van der Waals surface area contributed by atoms with Gasteiger partial charge in [-0.1, -0.05) is 23.7 Å². The normalized spacial score (nSPS) is 11.0. The number of carboxylic acids is 1. The molecule has 0 bridgehead atoms. The SMILES string of the molecule is COc1cc(N(CC(=O)O)S(=O)(=O)c2ccccc2[N+](=O)[O-])c(OC)cc1Cl. The Kier molecular flexibility index (Phi) is 6.31. The van der Waals surface area contributed by atoms with Crippen molar-refractivity contribution in [3.05, 3.63) is 51.5 Å². The second-order valence-corrected chi connectivity index (χ2v) is 7.53. The van der Waals surface area contributed by atoms with Crippen molar-refractivity contribution in [3.63, 3.8) is 0 Å². The minimum atomic E-state index is -4.66. The second kappa shape index (κ2) is 8.31. The summed E-state index contributed by atoms with van der Waals surface area (Å²) in [5.74, 6) is -1.49. The van der Waals surface area contributed by atoms with Crippen LogP contribution in [0.2, 0.25) is 5.02 Å². The van der Waals surface area contributed by atoms with E-state index in [2.05, 4.69) is 0 Å². The summed E-state index contributed by atoms with van der Waals surface area (Å²) in [6, 6.07) is 7.03. The van der Waals surface area contributed by atoms with E-state index in [0.29, 0.717) is 4.31 Å². The van der Waals surface area contributed by atoms with Crippen molar-refractivity contribution in [2.45, 2.75) is 4.90 Å². The fraction of sp³-hybridized carbons (Fsp3) is 0.188. The summed E-state index contributed by atoms with van der Waals surface area (Å²) >= 11 is 6.01. The first-order valence-electron chi connectivity index (χ1n) is 7.53. The zero-order valence-corrected chi connectivity index (χ0v) is 16.2. The van der Waals surface area contributed by atoms with Crippen LogP contribution in [0, 0.1) is 10.1 Å². The molecule has 1 N–H and O–H groups in total. The Hall–Kier alpha value is -3.05. The lowest BCUT2D eigenvalue weighted by molar-refractivity contribution is -0.387. The van der Waals surface area contributed by atoms with Crippen molar-refractivity contribution >= 4 is 39.0 Å². The number of anilines is 1. The fourth-order valence-corrected chi connectivity index (χ4v) is 4.21. The third-order valence-electron chi connectivity index (χ3n) is 3.63. The van der Waals surface area contributed by atoms with Gasteiger partial charge in [0.2, 0.25) is 0 Å². The maximum absolute atomic E-state index is 13.2. The Morgan fingerprint density at radius 2 is 1.82 bits per heavy atom. The number of sulfonamides is 1. The first kappa shape index (κ1) is 21.3. The van der Waals surface area contributed by atoms with Crippen LogP contribution in [-0.2, 0) is 14.8 Å². The summed E-state index contributed by atoms with van der Waals surface area (Å²) in [5, 5.41) is 20.6. The molecule has 2 rings (SSSR count). The molecule has 12 heteroatoms. The van der Waals surface area contributed by atoms with Gasteiger partial charge in [-0.05, 0) is 6.07 Å². The van der Waals surface area contributed by atoms with Gasteiger partial charge in [0.15, 0.2) is 4.90 Å². The summed E-state index contributed by atoms with van der Waals surface area (Å²) in [6.45, 7) is -1.02. The number of carbonyl (C=O) groups is 1. The van der Waals surface area contributed by atoms with Crippen molar-refractivity contribution in [2.75, 3.05) is 25.1 Å². The molecule has 0 aromatic heterocycles. The van der Waals surface area contributed by atoms with Gasteiger partial charge < -0.3 is 14.6 Å². The number of nitro groups is 1. The lowest BCUT2D eigenvalue weighted by Gasteiger charge is -2.25. The average Bonchev–Trinajstić information content (AvgIpc) is 2.65. The summed E-state index contributed by atoms with van der Waals surface area (Å²) in [6.07, 6.45) is 0. The van der Waals surface area contributed by atoms with Gasteiger partial charge in [0, 0.05) is 18.2 Å². The van der Waals surface area contributed by atoms with Crippen molar-refractivity contribution in [3.8, 4) is 11.5 Å². The molecule has 0 saturated carbocycles. The number of methoxy groups -OCH3 is 2. The number of hydrogen-bond donors (Lipinski definition) is 1. The van der Waals surface area contributed by atoms with Crippen LogP contribution in [0.3, 0.4) is 0 Å². The van der Waals surface area contributed by atoms with Crippen molar-refractivity contribution in [2.24, 2.45) is 0 Å². The molecule has 0 saturated heterocycles. The van der Waals surface area contributed by atoms with Crippen LogP contribution in [0.15, 0.2) is 41.3 Å². The van der Waals surface area contributed by atoms with Crippen LogP contribution in [0.1, 0.15) is 0 Å². The lowest BCUT2D eigenvalue weighted by Crippen LogP contribution is -2.36. The molecule has 2 aromatic carbocycles. The highest BCUT2D eigenvalue weighted by molar-refractivity contribution is 7.93. The van der Waals surface area contributed by atoms with Gasteiger partial charge in [-0.25, -0.2) is 8.42 Å². The molecule has 0 aliphatic carbocycles. The molecule has 0 heterocycles. The molecule has 28 heavy (non-hydrogen) atoms. The van der Waals surface area contributed by atoms with E-state index in [4.69, 9.17) is 21.1 Å². The predicted molar refractivity (Wildman–Crippen MR) is 99.8 cm³/mol. The third-order valence-corrected chi connectivity index (χ3v) is 5.73. The number of halogens is 1. The van der Waals surface area contributed by atoms with E-state index in [1.807, 2.05) is 0 Å². The highest BCUT2D eigenvalue weighted by Crippen LogP contribution is 2.40. The van der Waals surface area contributed by atoms with Crippen LogP contribution in [0.25, 0.3) is 0 Å². The van der Waals surface area contributed by atoms with Gasteiger partial charge in [-0.2, -0.15) is 0 Å². The number of nitrogens with zero attached hydrogens (tertiary/aromatic N) is 2. The van der Waals surface area contributed by atoms with E-state index < -0.39 is 38.0 Å². The van der Waals surface area contributed by atoms with Crippen LogP contribution in [-0.4, -0.2) is 45.2 Å². The van der Waals surface area contributed by atoms with E-state index in [1.165, 1.54) is 38.5 Å². The van der Waals surface area contributed by atoms with E-state index in [1.54, 1.807) is 0 Å². The zero-order valence-electron chi connectivity index (χ0n) is 14.7. The van der Waals surface area contributed by atoms with Crippen molar-refractivity contribution in [1.82, 2.24) is 0 Å². The Bertz CT molecular complexity index is 1030. The molecule has 150 valence electrons. The molecule has 10 nitrogen and oxygen atoms in total. The zero-order chi connectivity index (χ0) is 21.1. The first-order chi connectivity index (χ1) is 13.1. The largest absolute Gasteiger partial charge is 0.495 e. The molecule has 0 fully saturated rings. The topological polar surface area (TPSA) is 136 Å². The number of hydrogen-bond acceptors (Lipinski definition) is 7. The number of carboxylic acid groups (broad SMARTS) is 1. The molecular formula is C16H15ClN2O8S. The summed E-state index contributed by atoms with van der Waals surface area (Å²) in [7, 11) is -2.14. The quantitative estimate of drug-likeness (QED) is 0.498. The standard InChI is InChI=1S/C16H15ClN2O8S/c1-26-13-8-12(14(27-2)7-10(13)17)18(9-16(20)21)28(24,25)15-6-4-3-5-11(15)19(22)23/h3-8H,9H2,1-2H3,(H,20,21). The summed E-state index contributed by atoms with van der Waals surface area (Å²) < 4.78 is 37.0. The predicted octanol–water partition coefficient (Wildman–Crippen LogP) is 2.55. The van der Waals surface area contributed by atoms with Crippen molar-refractivity contribution < 1.29 is 32.7 Å². The first-order valence-corrected chi connectivity index (χ1v) is 9.34. The molecule has 0 aliphatic rings. The lowest BCUT2D eigenvalue weighted by atomic mass is 10.2. The van der Waals surface area contributed by atoms with Crippen LogP contribution < -0.4 is 13.8 Å². The Morgan fingerprint density at radius 3 is 2.36 bits per heavy atom. The van der Waals surface area contributed by atoms with Crippen LogP contribution in [0.5, 0.6) is 11.5 Å². The monoisotopic (exact) mass is 430 g/mol. The molecule has 0 radical (unpaired) electrons. The molecule has 0 aliphatic heterocycles. The van der Waals surface area contributed by atoms with E-state index in [9.17, 15) is 28.4 Å². The second-order valence-electron chi connectivity index (χ2n) is 5.29. The highest BCUT2D eigenvalue weighted by Gasteiger charge is 2.35. The molecule has 0 unspecified atom stereocenters. The summed E-state index contributed by atoms with van der Waals surface area (Å²) in [4.78, 5) is 21.1. The van der Waals surface area contributed by atoms with Crippen LogP contribution >= 0.6 is 11.6 Å². The Morgan fingerprint density at radius 1 is 1.21 bits per heavy atom. The number of aliphatic carboxylic acids is 1. The minimum absolute atomic E-state index is 0.0608. The molecule has 0 spiro atoms. The number of benzene rings is 2. The number of rotatable bonds is 8. The summed E-state index contributed by atoms with van der Waals surface area (Å²) in [5.41, 5.74) is -0.901. The van der Waals surface area contributed by atoms with Gasteiger partial charge >= 0.3 is 5.97 Å². The van der Waals surface area contributed by atoms with Crippen LogP contribution in [0.4, 0.5) is 11.4 Å². The number of nitro benzene ring substituents is 1. The van der Waals surface area contributed by atoms with Gasteiger partial charge in [-0.15, -0.1) is 0 Å². The number of para-hydroxylation sites is 1. The average molecular weight is 431 g/mol. The van der Waals surface area contributed by atoms with Gasteiger partial charge in [0.25, 0.3) is 15.7 Å². The molecule has 0 atom stereocenters. The number of ether oxygens (including phenoxy) is 2. The maximum Gasteiger partial charge on any atom is 0.324 e. The van der Waals surface area contributed by atoms with Gasteiger partial charge in [-0.3, -0.25) is 19.2 Å². The van der Waals surface area contributed by atoms with Crippen molar-refractivity contribution in [1.29, 1.82) is 0 Å². The minimum Gasteiger partial charge on any atom is -0.495 e. The van der Waals surface area contributed by atoms with E-state index in [-0.39, 0.29) is 22.2 Å². The van der Waals surface area contributed by atoms with E-state index >= 15 is 0 Å². The maximum atomic E-state index is 13.2. The Balaban J connectivity index is 2.79. The third kappa shape index (κ3) is 4.10. The van der Waals surface area contributed by atoms with Gasteiger partial charge in [0.05, 0.1) is 29.9 Å². The van der Waals surface area contributed by atoms with E-state index in [0.717, 1.165) is 12.1 Å². The smallest absolute Gasteiger partial charge is 0.324 e. The molecule has 2 aromatic rings.